The smallest absolute Gasteiger partial charge is 0.0147 e. The number of nitrogens with two attached hydrogens (primary N) is 1. The van der Waals surface area contributed by atoms with Gasteiger partial charge in [0.2, 0.25) is 0 Å². The summed E-state index contributed by atoms with van der Waals surface area (Å²) >= 11 is 0. The molecule has 0 spiro atoms. The van der Waals surface area contributed by atoms with Crippen molar-refractivity contribution in [1.82, 2.24) is 0 Å². The molecule has 1 aliphatic carbocycles. The Labute approximate surface area is 87.4 Å². The van der Waals surface area contributed by atoms with E-state index < -0.39 is 0 Å². The lowest BCUT2D eigenvalue weighted by Crippen LogP contribution is -2.22. The summed E-state index contributed by atoms with van der Waals surface area (Å²) in [6.07, 6.45) is 9.52. The summed E-state index contributed by atoms with van der Waals surface area (Å²) in [6.45, 7) is 8.17. The third kappa shape index (κ3) is 2.50. The van der Waals surface area contributed by atoms with Gasteiger partial charge in [0.25, 0.3) is 0 Å². The molecule has 2 N–H and O–H groups in total. The topological polar surface area (TPSA) is 26.0 Å². The van der Waals surface area contributed by atoms with Crippen LogP contribution in [0.1, 0.15) is 33.1 Å². The van der Waals surface area contributed by atoms with Crippen molar-refractivity contribution in [2.75, 3.05) is 0 Å². The van der Waals surface area contributed by atoms with Crippen molar-refractivity contribution in [3.05, 3.63) is 36.1 Å². The molecule has 0 saturated carbocycles. The van der Waals surface area contributed by atoms with Crippen molar-refractivity contribution in [2.24, 2.45) is 17.6 Å². The predicted molar refractivity (Wildman–Crippen MR) is 62.7 cm³/mol. The summed E-state index contributed by atoms with van der Waals surface area (Å²) in [5, 5.41) is 0. The van der Waals surface area contributed by atoms with Gasteiger partial charge in [0.05, 0.1) is 0 Å². The lowest BCUT2D eigenvalue weighted by Gasteiger charge is -2.27. The molecular formula is C13H21N. The highest BCUT2D eigenvalue weighted by atomic mass is 14.6. The predicted octanol–water partition coefficient (Wildman–Crippen LogP) is 3.40. The van der Waals surface area contributed by atoms with E-state index in [1.165, 1.54) is 18.4 Å². The van der Waals surface area contributed by atoms with Crippen molar-refractivity contribution < 1.29 is 0 Å². The van der Waals surface area contributed by atoms with Crippen LogP contribution in [0.15, 0.2) is 36.1 Å². The minimum Gasteiger partial charge on any atom is -0.402 e. The molecule has 78 valence electrons. The Balaban J connectivity index is 2.85. The highest BCUT2D eigenvalue weighted by Gasteiger charge is 2.21. The molecule has 1 nitrogen and oxygen atoms in total. The average molecular weight is 191 g/mol. The van der Waals surface area contributed by atoms with Gasteiger partial charge in [-0.15, -0.1) is 0 Å². The summed E-state index contributed by atoms with van der Waals surface area (Å²) in [7, 11) is 0. The molecule has 14 heavy (non-hydrogen) atoms. The highest BCUT2D eigenvalue weighted by molar-refractivity contribution is 5.29. The molecule has 1 heteroatoms. The average Bonchev–Trinajstić information content (AvgIpc) is 2.16. The zero-order valence-corrected chi connectivity index (χ0v) is 9.29. The van der Waals surface area contributed by atoms with Gasteiger partial charge in [0.15, 0.2) is 0 Å². The van der Waals surface area contributed by atoms with Gasteiger partial charge in [0.1, 0.15) is 0 Å². The number of hydrogen-bond acceptors (Lipinski definition) is 1. The van der Waals surface area contributed by atoms with E-state index in [0.717, 1.165) is 12.1 Å². The fourth-order valence-electron chi connectivity index (χ4n) is 2.11. The SMILES string of the molecule is C=C/C=C\C1=C(N)C(C(C)C)CCC1. The third-order valence-corrected chi connectivity index (χ3v) is 2.97. The van der Waals surface area contributed by atoms with Crippen LogP contribution in [0.3, 0.4) is 0 Å². The maximum absolute atomic E-state index is 6.16. The molecular weight excluding hydrogens is 170 g/mol. The van der Waals surface area contributed by atoms with Crippen LogP contribution < -0.4 is 5.73 Å². The van der Waals surface area contributed by atoms with E-state index in [-0.39, 0.29) is 0 Å². The minimum atomic E-state index is 0.577. The van der Waals surface area contributed by atoms with Crippen molar-refractivity contribution >= 4 is 0 Å². The van der Waals surface area contributed by atoms with Gasteiger partial charge in [-0.25, -0.2) is 0 Å². The van der Waals surface area contributed by atoms with Crippen LogP contribution in [0.4, 0.5) is 0 Å². The maximum Gasteiger partial charge on any atom is 0.0147 e. The molecule has 0 aliphatic heterocycles. The Hall–Kier alpha value is -0.980. The first-order valence-corrected chi connectivity index (χ1v) is 5.44. The normalized spacial score (nSPS) is 23.5. The zero-order valence-electron chi connectivity index (χ0n) is 9.29. The zero-order chi connectivity index (χ0) is 10.6. The van der Waals surface area contributed by atoms with Crippen molar-refractivity contribution in [2.45, 2.75) is 33.1 Å². The molecule has 1 unspecified atom stereocenters. The first-order valence-electron chi connectivity index (χ1n) is 5.44. The molecule has 0 radical (unpaired) electrons. The second kappa shape index (κ2) is 5.04. The Bertz CT molecular complexity index is 258. The fourth-order valence-corrected chi connectivity index (χ4v) is 2.11. The maximum atomic E-state index is 6.16. The lowest BCUT2D eigenvalue weighted by atomic mass is 9.80. The monoisotopic (exact) mass is 191 g/mol. The van der Waals surface area contributed by atoms with E-state index in [1.54, 1.807) is 6.08 Å². The molecule has 0 aromatic rings. The molecule has 1 atom stereocenters. The van der Waals surface area contributed by atoms with Crippen molar-refractivity contribution in [3.8, 4) is 0 Å². The summed E-state index contributed by atoms with van der Waals surface area (Å²) in [6, 6.07) is 0. The second-order valence-electron chi connectivity index (χ2n) is 4.32. The molecule has 0 aromatic heterocycles. The summed E-state index contributed by atoms with van der Waals surface area (Å²) in [5.41, 5.74) is 8.57. The van der Waals surface area contributed by atoms with Gasteiger partial charge in [-0.1, -0.05) is 38.7 Å². The van der Waals surface area contributed by atoms with Crippen molar-refractivity contribution in [1.29, 1.82) is 0 Å². The van der Waals surface area contributed by atoms with Crippen LogP contribution in [0.2, 0.25) is 0 Å². The molecule has 0 fully saturated rings. The molecule has 1 aliphatic rings. The van der Waals surface area contributed by atoms with Gasteiger partial charge < -0.3 is 5.73 Å². The van der Waals surface area contributed by atoms with Gasteiger partial charge in [-0.3, -0.25) is 0 Å². The Morgan fingerprint density at radius 2 is 2.21 bits per heavy atom. The van der Waals surface area contributed by atoms with E-state index in [2.05, 4.69) is 26.5 Å². The molecule has 0 bridgehead atoms. The summed E-state index contributed by atoms with van der Waals surface area (Å²) in [4.78, 5) is 0. The Morgan fingerprint density at radius 1 is 1.50 bits per heavy atom. The number of rotatable bonds is 3. The standard InChI is InChI=1S/C13H21N/c1-4-5-7-11-8-6-9-12(10(2)3)13(11)14/h4-5,7,10,12H,1,6,8-9,14H2,2-3H3/b7-5-. The summed E-state index contributed by atoms with van der Waals surface area (Å²) < 4.78 is 0. The van der Waals surface area contributed by atoms with Gasteiger partial charge in [0, 0.05) is 11.6 Å². The Morgan fingerprint density at radius 3 is 2.79 bits per heavy atom. The summed E-state index contributed by atoms with van der Waals surface area (Å²) in [5.74, 6) is 1.23. The van der Waals surface area contributed by atoms with Gasteiger partial charge >= 0.3 is 0 Å². The second-order valence-corrected chi connectivity index (χ2v) is 4.32. The van der Waals surface area contributed by atoms with Crippen LogP contribution in [0.5, 0.6) is 0 Å². The first kappa shape index (κ1) is 11.1. The third-order valence-electron chi connectivity index (χ3n) is 2.97. The lowest BCUT2D eigenvalue weighted by molar-refractivity contribution is 0.381. The van der Waals surface area contributed by atoms with Crippen molar-refractivity contribution in [3.63, 3.8) is 0 Å². The van der Waals surface area contributed by atoms with E-state index in [4.69, 9.17) is 5.73 Å². The number of hydrogen-bond donors (Lipinski definition) is 1. The van der Waals surface area contributed by atoms with Gasteiger partial charge in [-0.05, 0) is 30.8 Å². The first-order chi connectivity index (χ1) is 6.66. The largest absolute Gasteiger partial charge is 0.402 e. The van der Waals surface area contributed by atoms with E-state index in [1.807, 2.05) is 6.08 Å². The van der Waals surface area contributed by atoms with E-state index in [0.29, 0.717) is 11.8 Å². The minimum absolute atomic E-state index is 0.577. The van der Waals surface area contributed by atoms with E-state index in [9.17, 15) is 0 Å². The molecule has 1 rings (SSSR count). The molecule has 0 heterocycles. The van der Waals surface area contributed by atoms with Crippen LogP contribution in [0.25, 0.3) is 0 Å². The van der Waals surface area contributed by atoms with Crippen LogP contribution in [-0.2, 0) is 0 Å². The molecule has 0 aromatic carbocycles. The number of allylic oxidation sites excluding steroid dienone is 5. The molecule has 0 saturated heterocycles. The molecule has 0 amide bonds. The highest BCUT2D eigenvalue weighted by Crippen LogP contribution is 2.32. The fraction of sp³-hybridized carbons (Fsp3) is 0.538. The quantitative estimate of drug-likeness (QED) is 0.680. The van der Waals surface area contributed by atoms with Crippen LogP contribution in [-0.4, -0.2) is 0 Å². The van der Waals surface area contributed by atoms with Gasteiger partial charge in [-0.2, -0.15) is 0 Å². The van der Waals surface area contributed by atoms with E-state index >= 15 is 0 Å². The van der Waals surface area contributed by atoms with Crippen LogP contribution in [0, 0.1) is 11.8 Å². The Kier molecular flexibility index (Phi) is 3.99. The van der Waals surface area contributed by atoms with Crippen LogP contribution >= 0.6 is 0 Å².